The number of amides is 2. The Morgan fingerprint density at radius 2 is 2.10 bits per heavy atom. The average molecular weight is 315 g/mol. The number of carbonyl (C=O) groups excluding carboxylic acids is 1. The van der Waals surface area contributed by atoms with Gasteiger partial charge < -0.3 is 20.1 Å². The lowest BCUT2D eigenvalue weighted by molar-refractivity contribution is 0.0550. The van der Waals surface area contributed by atoms with Crippen molar-refractivity contribution in [3.63, 3.8) is 0 Å². The Morgan fingerprint density at radius 3 is 2.62 bits per heavy atom. The molecule has 6 heteroatoms. The standard InChI is InChI=1S/C15H23ClN2O3/c1-10(2)21-13-11(16)7-6-8-12(13)17-14(19)18(5)9-15(3,4)20/h6-8,10,20H,9H2,1-5H3,(H,17,19). The number of hydrogen-bond acceptors (Lipinski definition) is 3. The molecule has 0 unspecified atom stereocenters. The van der Waals surface area contributed by atoms with E-state index in [9.17, 15) is 9.90 Å². The summed E-state index contributed by atoms with van der Waals surface area (Å²) in [7, 11) is 1.61. The summed E-state index contributed by atoms with van der Waals surface area (Å²) in [5.74, 6) is 0.444. The molecule has 0 aliphatic carbocycles. The van der Waals surface area contributed by atoms with Gasteiger partial charge in [0.2, 0.25) is 0 Å². The SMILES string of the molecule is CC(C)Oc1c(Cl)cccc1NC(=O)N(C)CC(C)(C)O. The van der Waals surface area contributed by atoms with E-state index in [1.807, 2.05) is 13.8 Å². The molecular weight excluding hydrogens is 292 g/mol. The molecule has 2 amide bonds. The topological polar surface area (TPSA) is 61.8 Å². The molecule has 1 aromatic rings. The average Bonchev–Trinajstić information content (AvgIpc) is 2.31. The predicted molar refractivity (Wildman–Crippen MR) is 85.2 cm³/mol. The smallest absolute Gasteiger partial charge is 0.321 e. The molecule has 21 heavy (non-hydrogen) atoms. The summed E-state index contributed by atoms with van der Waals surface area (Å²) >= 11 is 6.11. The van der Waals surface area contributed by atoms with Gasteiger partial charge >= 0.3 is 6.03 Å². The molecule has 0 saturated carbocycles. The first kappa shape index (κ1) is 17.6. The van der Waals surface area contributed by atoms with E-state index >= 15 is 0 Å². The molecule has 0 atom stereocenters. The van der Waals surface area contributed by atoms with Crippen molar-refractivity contribution in [3.8, 4) is 5.75 Å². The first-order valence-corrected chi connectivity index (χ1v) is 7.17. The fraction of sp³-hybridized carbons (Fsp3) is 0.533. The van der Waals surface area contributed by atoms with Crippen LogP contribution in [0.25, 0.3) is 0 Å². The lowest BCUT2D eigenvalue weighted by Gasteiger charge is -2.26. The van der Waals surface area contributed by atoms with Gasteiger partial charge in [0.05, 0.1) is 29.0 Å². The predicted octanol–water partition coefficient (Wildman–Crippen LogP) is 3.36. The Morgan fingerprint density at radius 1 is 1.48 bits per heavy atom. The van der Waals surface area contributed by atoms with Gasteiger partial charge in [0, 0.05) is 7.05 Å². The van der Waals surface area contributed by atoms with E-state index < -0.39 is 5.60 Å². The van der Waals surface area contributed by atoms with Crippen molar-refractivity contribution in [2.24, 2.45) is 0 Å². The maximum atomic E-state index is 12.1. The molecule has 2 N–H and O–H groups in total. The molecular formula is C15H23ClN2O3. The van der Waals surface area contributed by atoms with Gasteiger partial charge in [-0.25, -0.2) is 4.79 Å². The van der Waals surface area contributed by atoms with Crippen LogP contribution in [-0.2, 0) is 0 Å². The van der Waals surface area contributed by atoms with Crippen LogP contribution in [0, 0.1) is 0 Å². The van der Waals surface area contributed by atoms with Gasteiger partial charge in [0.25, 0.3) is 0 Å². The molecule has 118 valence electrons. The molecule has 0 aromatic heterocycles. The molecule has 0 spiro atoms. The lowest BCUT2D eigenvalue weighted by Crippen LogP contribution is -2.41. The third-order valence-corrected chi connectivity index (χ3v) is 2.83. The fourth-order valence-corrected chi connectivity index (χ4v) is 2.04. The summed E-state index contributed by atoms with van der Waals surface area (Å²) in [6.45, 7) is 7.26. The number of benzene rings is 1. The molecule has 0 aliphatic rings. The van der Waals surface area contributed by atoms with Crippen molar-refractivity contribution in [2.45, 2.75) is 39.4 Å². The minimum atomic E-state index is -0.961. The quantitative estimate of drug-likeness (QED) is 0.876. The lowest BCUT2D eigenvalue weighted by atomic mass is 10.1. The van der Waals surface area contributed by atoms with E-state index in [0.29, 0.717) is 16.5 Å². The van der Waals surface area contributed by atoms with Crippen LogP contribution in [0.3, 0.4) is 0 Å². The van der Waals surface area contributed by atoms with Crippen LogP contribution >= 0.6 is 11.6 Å². The van der Waals surface area contributed by atoms with E-state index in [-0.39, 0.29) is 18.7 Å². The highest BCUT2D eigenvalue weighted by Crippen LogP contribution is 2.33. The van der Waals surface area contributed by atoms with Crippen molar-refractivity contribution >= 4 is 23.3 Å². The molecule has 0 radical (unpaired) electrons. The highest BCUT2D eigenvalue weighted by atomic mass is 35.5. The monoisotopic (exact) mass is 314 g/mol. The maximum Gasteiger partial charge on any atom is 0.321 e. The number of rotatable bonds is 5. The second-order valence-corrected chi connectivity index (χ2v) is 6.29. The van der Waals surface area contributed by atoms with Gasteiger partial charge in [-0.1, -0.05) is 17.7 Å². The van der Waals surface area contributed by atoms with Crippen LogP contribution in [0.15, 0.2) is 18.2 Å². The summed E-state index contributed by atoms with van der Waals surface area (Å²) < 4.78 is 5.64. The zero-order chi connectivity index (χ0) is 16.2. The largest absolute Gasteiger partial charge is 0.487 e. The zero-order valence-corrected chi connectivity index (χ0v) is 13.9. The van der Waals surface area contributed by atoms with E-state index in [1.54, 1.807) is 39.1 Å². The van der Waals surface area contributed by atoms with Crippen molar-refractivity contribution in [2.75, 3.05) is 18.9 Å². The van der Waals surface area contributed by atoms with E-state index in [0.717, 1.165) is 0 Å². The summed E-state index contributed by atoms with van der Waals surface area (Å²) in [6.07, 6.45) is -0.0605. The van der Waals surface area contributed by atoms with Gasteiger partial charge in [-0.3, -0.25) is 0 Å². The van der Waals surface area contributed by atoms with E-state index in [4.69, 9.17) is 16.3 Å². The van der Waals surface area contributed by atoms with Crippen LogP contribution in [0.4, 0.5) is 10.5 Å². The first-order chi connectivity index (χ1) is 9.60. The summed E-state index contributed by atoms with van der Waals surface area (Å²) in [6, 6.07) is 4.82. The van der Waals surface area contributed by atoms with Crippen LogP contribution in [0.2, 0.25) is 5.02 Å². The molecule has 0 bridgehead atoms. The van der Waals surface area contributed by atoms with Crippen molar-refractivity contribution in [3.05, 3.63) is 23.2 Å². The van der Waals surface area contributed by atoms with Crippen LogP contribution in [0.5, 0.6) is 5.75 Å². The van der Waals surface area contributed by atoms with Crippen LogP contribution in [-0.4, -0.2) is 41.3 Å². The Labute approximate surface area is 130 Å². The zero-order valence-electron chi connectivity index (χ0n) is 13.1. The van der Waals surface area contributed by atoms with Gasteiger partial charge in [-0.2, -0.15) is 0 Å². The third-order valence-electron chi connectivity index (χ3n) is 2.53. The van der Waals surface area contributed by atoms with Gasteiger partial charge in [0.15, 0.2) is 5.75 Å². The highest BCUT2D eigenvalue weighted by molar-refractivity contribution is 6.32. The second-order valence-electron chi connectivity index (χ2n) is 5.88. The highest BCUT2D eigenvalue weighted by Gasteiger charge is 2.20. The molecule has 0 aliphatic heterocycles. The first-order valence-electron chi connectivity index (χ1n) is 6.80. The van der Waals surface area contributed by atoms with Crippen molar-refractivity contribution in [1.82, 2.24) is 4.90 Å². The minimum absolute atomic E-state index is 0.0605. The number of hydrogen-bond donors (Lipinski definition) is 2. The third kappa shape index (κ3) is 5.81. The van der Waals surface area contributed by atoms with Gasteiger partial charge in [0.1, 0.15) is 0 Å². The Kier molecular flexibility index (Phi) is 5.87. The van der Waals surface area contributed by atoms with Crippen LogP contribution in [0.1, 0.15) is 27.7 Å². The number of likely N-dealkylation sites (N-methyl/N-ethyl adjacent to an activating group) is 1. The molecule has 1 rings (SSSR count). The van der Waals surface area contributed by atoms with Crippen LogP contribution < -0.4 is 10.1 Å². The number of carbonyl (C=O) groups is 1. The van der Waals surface area contributed by atoms with Gasteiger partial charge in [-0.15, -0.1) is 0 Å². The Balaban J connectivity index is 2.87. The Hall–Kier alpha value is -1.46. The molecule has 0 heterocycles. The number of anilines is 1. The van der Waals surface area contributed by atoms with Gasteiger partial charge in [-0.05, 0) is 39.8 Å². The summed E-state index contributed by atoms with van der Waals surface area (Å²) in [4.78, 5) is 13.5. The number of halogens is 1. The summed E-state index contributed by atoms with van der Waals surface area (Å²) in [5.41, 5.74) is -0.457. The Bertz CT molecular complexity index is 498. The number of nitrogens with one attached hydrogen (secondary N) is 1. The molecule has 0 saturated heterocycles. The van der Waals surface area contributed by atoms with E-state index in [1.165, 1.54) is 4.90 Å². The van der Waals surface area contributed by atoms with E-state index in [2.05, 4.69) is 5.32 Å². The van der Waals surface area contributed by atoms with Crippen molar-refractivity contribution < 1.29 is 14.6 Å². The number of ether oxygens (including phenoxy) is 1. The normalized spacial score (nSPS) is 11.4. The number of urea groups is 1. The summed E-state index contributed by atoms with van der Waals surface area (Å²) in [5, 5.41) is 12.9. The minimum Gasteiger partial charge on any atom is -0.487 e. The fourth-order valence-electron chi connectivity index (χ4n) is 1.83. The number of para-hydroxylation sites is 1. The molecule has 0 fully saturated rings. The van der Waals surface area contributed by atoms with Crippen molar-refractivity contribution in [1.29, 1.82) is 0 Å². The second kappa shape index (κ2) is 7.00. The molecule has 1 aromatic carbocycles. The maximum absolute atomic E-state index is 12.1. The number of nitrogens with zero attached hydrogens (tertiary/aromatic N) is 1. The number of aliphatic hydroxyl groups is 1. The molecule has 5 nitrogen and oxygen atoms in total.